The van der Waals surface area contributed by atoms with Crippen LogP contribution in [0.4, 0.5) is 13.2 Å². The number of hydrogen-bond donors (Lipinski definition) is 1. The van der Waals surface area contributed by atoms with E-state index in [0.717, 1.165) is 31.2 Å². The zero-order valence-electron chi connectivity index (χ0n) is 14.3. The lowest BCUT2D eigenvalue weighted by Crippen LogP contribution is -2.42. The first kappa shape index (κ1) is 18.5. The van der Waals surface area contributed by atoms with Gasteiger partial charge in [0.05, 0.1) is 24.3 Å². The molecule has 1 aliphatic rings. The van der Waals surface area contributed by atoms with Crippen LogP contribution in [0.25, 0.3) is 0 Å². The molecule has 1 atom stereocenters. The smallest absolute Gasteiger partial charge is 0.416 e. The van der Waals surface area contributed by atoms with Crippen molar-refractivity contribution in [2.24, 2.45) is 5.92 Å². The van der Waals surface area contributed by atoms with E-state index in [1.165, 1.54) is 12.1 Å². The van der Waals surface area contributed by atoms with Crippen LogP contribution < -0.4 is 5.32 Å². The van der Waals surface area contributed by atoms with E-state index >= 15 is 0 Å². The first-order valence-electron chi connectivity index (χ1n) is 8.61. The van der Waals surface area contributed by atoms with E-state index in [1.807, 2.05) is 12.1 Å². The molecule has 0 radical (unpaired) electrons. The van der Waals surface area contributed by atoms with Crippen molar-refractivity contribution in [1.29, 1.82) is 0 Å². The molecule has 1 fully saturated rings. The maximum absolute atomic E-state index is 13.0. The highest BCUT2D eigenvalue weighted by Gasteiger charge is 2.33. The van der Waals surface area contributed by atoms with Crippen LogP contribution in [0.1, 0.15) is 29.7 Å². The van der Waals surface area contributed by atoms with Gasteiger partial charge in [0.1, 0.15) is 5.76 Å². The van der Waals surface area contributed by atoms with E-state index in [0.29, 0.717) is 13.1 Å². The van der Waals surface area contributed by atoms with Gasteiger partial charge in [0.15, 0.2) is 0 Å². The standard InChI is InChI=1S/C19H21F3N2O2/c20-19(21,22)17-8-2-1-5-14(17)11-23-18(25)15-6-3-9-24(12-15)13-16-7-4-10-26-16/h1-2,4-5,7-8,10,15H,3,6,9,11-13H2,(H,23,25)/t15-/m0/s1. The third-order valence-corrected chi connectivity index (χ3v) is 4.61. The molecule has 1 saturated heterocycles. The lowest BCUT2D eigenvalue weighted by atomic mass is 9.96. The normalized spacial score (nSPS) is 18.7. The summed E-state index contributed by atoms with van der Waals surface area (Å²) in [5.74, 6) is 0.410. The van der Waals surface area contributed by atoms with E-state index in [9.17, 15) is 18.0 Å². The SMILES string of the molecule is O=C(NCc1ccccc1C(F)(F)F)[C@H]1CCCN(Cc2ccco2)C1. The predicted molar refractivity (Wildman–Crippen MR) is 90.0 cm³/mol. The number of benzene rings is 1. The number of alkyl halides is 3. The summed E-state index contributed by atoms with van der Waals surface area (Å²) in [4.78, 5) is 14.6. The van der Waals surface area contributed by atoms with Crippen molar-refractivity contribution in [3.63, 3.8) is 0 Å². The van der Waals surface area contributed by atoms with Crippen molar-refractivity contribution >= 4 is 5.91 Å². The first-order valence-corrected chi connectivity index (χ1v) is 8.61. The zero-order chi connectivity index (χ0) is 18.6. The third kappa shape index (κ3) is 4.66. The number of rotatable bonds is 5. The minimum Gasteiger partial charge on any atom is -0.468 e. The molecule has 1 aromatic heterocycles. The Morgan fingerprint density at radius 1 is 1.23 bits per heavy atom. The Kier molecular flexibility index (Phi) is 5.66. The molecule has 0 bridgehead atoms. The minimum absolute atomic E-state index is 0.0802. The summed E-state index contributed by atoms with van der Waals surface area (Å²) in [6.07, 6.45) is -1.20. The topological polar surface area (TPSA) is 45.5 Å². The second-order valence-electron chi connectivity index (χ2n) is 6.53. The van der Waals surface area contributed by atoms with Gasteiger partial charge in [0.2, 0.25) is 5.91 Å². The third-order valence-electron chi connectivity index (χ3n) is 4.61. The van der Waals surface area contributed by atoms with Gasteiger partial charge in [-0.05, 0) is 43.1 Å². The summed E-state index contributed by atoms with van der Waals surface area (Å²) in [6, 6.07) is 9.03. The van der Waals surface area contributed by atoms with Gasteiger partial charge in [-0.3, -0.25) is 9.69 Å². The van der Waals surface area contributed by atoms with Crippen LogP contribution in [0.5, 0.6) is 0 Å². The number of hydrogen-bond acceptors (Lipinski definition) is 3. The van der Waals surface area contributed by atoms with Gasteiger partial charge in [-0.1, -0.05) is 18.2 Å². The van der Waals surface area contributed by atoms with E-state index in [2.05, 4.69) is 10.2 Å². The van der Waals surface area contributed by atoms with Gasteiger partial charge in [-0.25, -0.2) is 0 Å². The maximum Gasteiger partial charge on any atom is 0.416 e. The van der Waals surface area contributed by atoms with Gasteiger partial charge >= 0.3 is 6.18 Å². The summed E-state index contributed by atoms with van der Waals surface area (Å²) in [6.45, 7) is 1.96. The van der Waals surface area contributed by atoms with Gasteiger partial charge in [0, 0.05) is 13.1 Å². The molecule has 2 aromatic rings. The number of nitrogens with zero attached hydrogens (tertiary/aromatic N) is 1. The van der Waals surface area contributed by atoms with Gasteiger partial charge < -0.3 is 9.73 Å². The van der Waals surface area contributed by atoms with E-state index in [1.54, 1.807) is 12.3 Å². The molecule has 1 aliphatic heterocycles. The number of furan rings is 1. The second kappa shape index (κ2) is 7.95. The molecular formula is C19H21F3N2O2. The van der Waals surface area contributed by atoms with E-state index < -0.39 is 11.7 Å². The lowest BCUT2D eigenvalue weighted by Gasteiger charge is -2.31. The number of piperidine rings is 1. The molecule has 3 rings (SSSR count). The lowest BCUT2D eigenvalue weighted by molar-refractivity contribution is -0.138. The molecule has 0 saturated carbocycles. The van der Waals surface area contributed by atoms with Gasteiger partial charge in [-0.2, -0.15) is 13.2 Å². The number of nitrogens with one attached hydrogen (secondary N) is 1. The summed E-state index contributed by atoms with van der Waals surface area (Å²) in [5, 5.41) is 2.67. The van der Waals surface area contributed by atoms with Crippen LogP contribution in [-0.2, 0) is 24.1 Å². The fourth-order valence-electron chi connectivity index (χ4n) is 3.31. The summed E-state index contributed by atoms with van der Waals surface area (Å²) in [5.41, 5.74) is -0.625. The molecule has 0 spiro atoms. The Bertz CT molecular complexity index is 729. The van der Waals surface area contributed by atoms with E-state index in [-0.39, 0.29) is 23.9 Å². The van der Waals surface area contributed by atoms with Gasteiger partial charge in [0.25, 0.3) is 0 Å². The van der Waals surface area contributed by atoms with Crippen molar-refractivity contribution in [3.8, 4) is 0 Å². The Labute approximate surface area is 150 Å². The van der Waals surface area contributed by atoms with Crippen molar-refractivity contribution in [2.45, 2.75) is 32.1 Å². The summed E-state index contributed by atoms with van der Waals surface area (Å²) >= 11 is 0. The molecule has 1 N–H and O–H groups in total. The molecule has 1 aromatic carbocycles. The van der Waals surface area contributed by atoms with Crippen LogP contribution in [0, 0.1) is 5.92 Å². The van der Waals surface area contributed by atoms with Gasteiger partial charge in [-0.15, -0.1) is 0 Å². The second-order valence-corrected chi connectivity index (χ2v) is 6.53. The quantitative estimate of drug-likeness (QED) is 0.875. The molecule has 2 heterocycles. The number of halogens is 3. The highest BCUT2D eigenvalue weighted by Crippen LogP contribution is 2.31. The predicted octanol–water partition coefficient (Wildman–Crippen LogP) is 3.83. The van der Waals surface area contributed by atoms with Crippen LogP contribution in [0.15, 0.2) is 47.1 Å². The molecule has 26 heavy (non-hydrogen) atoms. The van der Waals surface area contributed by atoms with Crippen LogP contribution in [-0.4, -0.2) is 23.9 Å². The number of likely N-dealkylation sites (tertiary alicyclic amines) is 1. The summed E-state index contributed by atoms with van der Waals surface area (Å²) < 4.78 is 44.4. The fourth-order valence-corrected chi connectivity index (χ4v) is 3.31. The molecule has 140 valence electrons. The number of carbonyl (C=O) groups excluding carboxylic acids is 1. The average Bonchev–Trinajstić information content (AvgIpc) is 3.12. The largest absolute Gasteiger partial charge is 0.468 e. The zero-order valence-corrected chi connectivity index (χ0v) is 14.3. The van der Waals surface area contributed by atoms with E-state index in [4.69, 9.17) is 4.42 Å². The highest BCUT2D eigenvalue weighted by atomic mass is 19.4. The molecule has 0 unspecified atom stereocenters. The Balaban J connectivity index is 1.57. The van der Waals surface area contributed by atoms with Crippen molar-refractivity contribution in [3.05, 3.63) is 59.5 Å². The molecule has 4 nitrogen and oxygen atoms in total. The van der Waals surface area contributed by atoms with Crippen molar-refractivity contribution < 1.29 is 22.4 Å². The Hall–Kier alpha value is -2.28. The van der Waals surface area contributed by atoms with Crippen molar-refractivity contribution in [2.75, 3.05) is 13.1 Å². The van der Waals surface area contributed by atoms with Crippen LogP contribution in [0.3, 0.4) is 0 Å². The number of amides is 1. The molecule has 1 amide bonds. The van der Waals surface area contributed by atoms with Crippen LogP contribution >= 0.6 is 0 Å². The average molecular weight is 366 g/mol. The highest BCUT2D eigenvalue weighted by molar-refractivity contribution is 5.79. The monoisotopic (exact) mass is 366 g/mol. The Morgan fingerprint density at radius 3 is 2.77 bits per heavy atom. The molecule has 7 heteroatoms. The van der Waals surface area contributed by atoms with Crippen LogP contribution in [0.2, 0.25) is 0 Å². The molecule has 0 aliphatic carbocycles. The summed E-state index contributed by atoms with van der Waals surface area (Å²) in [7, 11) is 0. The minimum atomic E-state index is -4.42. The first-order chi connectivity index (χ1) is 12.4. The fraction of sp³-hybridized carbons (Fsp3) is 0.421. The number of carbonyl (C=O) groups is 1. The van der Waals surface area contributed by atoms with Crippen molar-refractivity contribution in [1.82, 2.24) is 10.2 Å². The maximum atomic E-state index is 13.0. The Morgan fingerprint density at radius 2 is 2.04 bits per heavy atom. The molecular weight excluding hydrogens is 345 g/mol.